The van der Waals surface area contributed by atoms with Crippen LogP contribution in [-0.4, -0.2) is 21.0 Å². The van der Waals surface area contributed by atoms with Crippen LogP contribution in [-0.2, 0) is 27.1 Å². The lowest BCUT2D eigenvalue weighted by Gasteiger charge is -2.44. The Balaban J connectivity index is 1.16. The van der Waals surface area contributed by atoms with Crippen molar-refractivity contribution in [3.63, 3.8) is 0 Å². The fraction of sp³-hybridized carbons (Fsp3) is 0.247. The smallest absolute Gasteiger partial charge is 0.333 e. The number of aromatic nitrogens is 3. The van der Waals surface area contributed by atoms with Gasteiger partial charge < -0.3 is 9.38 Å². The molecule has 2 aromatic heterocycles. The van der Waals surface area contributed by atoms with E-state index in [2.05, 4.69) is 274 Å². The van der Waals surface area contributed by atoms with Crippen LogP contribution in [0, 0.1) is 0 Å². The van der Waals surface area contributed by atoms with Gasteiger partial charge in [0.2, 0.25) is 0 Å². The standard InChI is InChI=1S/C73H67BN4/c1-69(2,3)43-28-32-47(33-29-43)78-59-39-50-48-34-30-45(71(7,8)9)37-54(48)72(10,11)55(50)38-52(59)64-65-62(49-26-20-21-27-53(49)73(65,12)13)63-51-36-44(70(4,5)6)31-35-58(51)77-60-41-61-57(40-56(60)74(78)66(64)67(63)77)75-68(42-22-16-14-17-23-42)76(61)46-24-18-15-19-25-46/h14-41H,1-13H3. The third-order valence-electron chi connectivity index (χ3n) is 18.7. The second kappa shape index (κ2) is 15.4. The first-order valence-corrected chi connectivity index (χ1v) is 28.3. The van der Waals surface area contributed by atoms with Crippen LogP contribution < -0.4 is 15.7 Å². The van der Waals surface area contributed by atoms with Gasteiger partial charge in [-0.1, -0.05) is 199 Å². The van der Waals surface area contributed by atoms with Gasteiger partial charge in [-0.15, -0.1) is 0 Å². The first-order chi connectivity index (χ1) is 37.1. The molecule has 0 atom stereocenters. The third kappa shape index (κ3) is 6.28. The number of hydrogen-bond donors (Lipinski definition) is 0. The molecule has 4 aliphatic rings. The van der Waals surface area contributed by atoms with Crippen LogP contribution in [0.4, 0.5) is 11.4 Å². The zero-order chi connectivity index (χ0) is 53.9. The van der Waals surface area contributed by atoms with Gasteiger partial charge in [-0.3, -0.25) is 4.57 Å². The highest BCUT2D eigenvalue weighted by atomic mass is 15.1. The maximum Gasteiger partial charge on any atom is 0.333 e. The van der Waals surface area contributed by atoms with Crippen LogP contribution in [0.5, 0.6) is 0 Å². The summed E-state index contributed by atoms with van der Waals surface area (Å²) in [4.78, 5) is 8.46. The minimum Gasteiger partial charge on any atom is -0.376 e. The average molecular weight is 1010 g/mol. The molecular weight excluding hydrogens is 944 g/mol. The van der Waals surface area contributed by atoms with E-state index in [0.29, 0.717) is 0 Å². The van der Waals surface area contributed by atoms with Crippen LogP contribution in [0.25, 0.3) is 89.0 Å². The van der Waals surface area contributed by atoms with E-state index >= 15 is 0 Å². The summed E-state index contributed by atoms with van der Waals surface area (Å²) in [5.41, 5.74) is 30.2. The van der Waals surface area contributed by atoms with Gasteiger partial charge in [-0.25, -0.2) is 4.98 Å². The van der Waals surface area contributed by atoms with Crippen molar-refractivity contribution in [3.05, 3.63) is 209 Å². The normalized spacial score (nSPS) is 15.4. The molecule has 0 spiro atoms. The molecule has 4 nitrogen and oxygen atoms in total. The molecule has 0 N–H and O–H groups in total. The topological polar surface area (TPSA) is 26.0 Å². The van der Waals surface area contributed by atoms with E-state index in [9.17, 15) is 0 Å². The van der Waals surface area contributed by atoms with Gasteiger partial charge in [0.05, 0.1) is 22.1 Å². The van der Waals surface area contributed by atoms with Crippen LogP contribution in [0.1, 0.15) is 129 Å². The molecule has 0 bridgehead atoms. The third-order valence-corrected chi connectivity index (χ3v) is 18.7. The molecule has 0 fully saturated rings. The Bertz CT molecular complexity index is 4410. The van der Waals surface area contributed by atoms with Crippen molar-refractivity contribution in [1.29, 1.82) is 0 Å². The molecule has 0 saturated carbocycles. The molecule has 382 valence electrons. The Morgan fingerprint density at radius 2 is 1.08 bits per heavy atom. The minimum atomic E-state index is -0.317. The van der Waals surface area contributed by atoms with Gasteiger partial charge in [0.15, 0.2) is 0 Å². The monoisotopic (exact) mass is 1010 g/mol. The summed E-state index contributed by atoms with van der Waals surface area (Å²) in [6.07, 6.45) is 0. The number of hydrogen-bond acceptors (Lipinski definition) is 2. The van der Waals surface area contributed by atoms with Gasteiger partial charge in [-0.05, 0) is 155 Å². The molecule has 0 unspecified atom stereocenters. The molecule has 2 aliphatic heterocycles. The Morgan fingerprint density at radius 1 is 0.449 bits per heavy atom. The fourth-order valence-electron chi connectivity index (χ4n) is 14.6. The molecular formula is C73H67BN4. The Kier molecular flexibility index (Phi) is 9.37. The lowest BCUT2D eigenvalue weighted by molar-refractivity contribution is 0.584. The van der Waals surface area contributed by atoms with Crippen LogP contribution in [0.2, 0.25) is 0 Å². The molecule has 78 heavy (non-hydrogen) atoms. The van der Waals surface area contributed by atoms with E-state index in [-0.39, 0.29) is 33.9 Å². The van der Waals surface area contributed by atoms with Crippen LogP contribution in [0.3, 0.4) is 0 Å². The van der Waals surface area contributed by atoms with Crippen molar-refractivity contribution in [2.75, 3.05) is 4.81 Å². The van der Waals surface area contributed by atoms with Gasteiger partial charge in [-0.2, -0.15) is 0 Å². The number of benzene rings is 9. The number of anilines is 2. The summed E-state index contributed by atoms with van der Waals surface area (Å²) in [5, 5.41) is 2.67. The SMILES string of the molecule is CC(C)(C)c1ccc(N2B3c4cc5nc(-c6ccccc6)n(-c6ccccc6)c5cc4-n4c5ccc(C(C)(C)C)cc5c5c6c(c(c3c54)-c3cc4c(cc32)-c2ccc(C(C)(C)C)cc2C4(C)C)C(C)(C)c2ccccc2-6)cc1. The zero-order valence-electron chi connectivity index (χ0n) is 47.5. The van der Waals surface area contributed by atoms with Crippen molar-refractivity contribution in [2.45, 2.75) is 117 Å². The molecule has 9 aromatic carbocycles. The largest absolute Gasteiger partial charge is 0.376 e. The van der Waals surface area contributed by atoms with Crippen molar-refractivity contribution < 1.29 is 0 Å². The summed E-state index contributed by atoms with van der Waals surface area (Å²) < 4.78 is 5.08. The summed E-state index contributed by atoms with van der Waals surface area (Å²) in [5.74, 6) is 0.932. The van der Waals surface area contributed by atoms with Crippen molar-refractivity contribution >= 4 is 62.0 Å². The molecule has 15 rings (SSSR count). The van der Waals surface area contributed by atoms with Crippen molar-refractivity contribution in [2.24, 2.45) is 0 Å². The van der Waals surface area contributed by atoms with E-state index < -0.39 is 0 Å². The lowest BCUT2D eigenvalue weighted by Crippen LogP contribution is -2.61. The van der Waals surface area contributed by atoms with Gasteiger partial charge in [0.25, 0.3) is 0 Å². The van der Waals surface area contributed by atoms with E-state index in [1.807, 2.05) is 0 Å². The summed E-state index contributed by atoms with van der Waals surface area (Å²) in [6.45, 7) is 30.8. The number of para-hydroxylation sites is 1. The molecule has 0 saturated heterocycles. The summed E-state index contributed by atoms with van der Waals surface area (Å²) >= 11 is 0. The summed E-state index contributed by atoms with van der Waals surface area (Å²) in [7, 11) is 0. The Morgan fingerprint density at radius 3 is 1.78 bits per heavy atom. The van der Waals surface area contributed by atoms with E-state index in [4.69, 9.17) is 4.98 Å². The molecule has 5 heteroatoms. The quantitative estimate of drug-likeness (QED) is 0.165. The van der Waals surface area contributed by atoms with E-state index in [0.717, 1.165) is 28.1 Å². The summed E-state index contributed by atoms with van der Waals surface area (Å²) in [6, 6.07) is 65.5. The van der Waals surface area contributed by atoms with Crippen LogP contribution in [0.15, 0.2) is 170 Å². The maximum atomic E-state index is 5.71. The van der Waals surface area contributed by atoms with Gasteiger partial charge >= 0.3 is 6.85 Å². The first kappa shape index (κ1) is 47.3. The Labute approximate surface area is 460 Å². The van der Waals surface area contributed by atoms with E-state index in [1.54, 1.807) is 0 Å². The molecule has 2 aliphatic carbocycles. The number of imidazole rings is 1. The second-order valence-electron chi connectivity index (χ2n) is 27.2. The zero-order valence-corrected chi connectivity index (χ0v) is 47.5. The number of nitrogens with zero attached hydrogens (tertiary/aromatic N) is 4. The van der Waals surface area contributed by atoms with Crippen LogP contribution >= 0.6 is 0 Å². The molecule has 0 radical (unpaired) electrons. The highest BCUT2D eigenvalue weighted by Crippen LogP contribution is 2.61. The number of fused-ring (bicyclic) bond motifs is 17. The lowest BCUT2D eigenvalue weighted by atomic mass is 9.43. The predicted molar refractivity (Wildman–Crippen MR) is 331 cm³/mol. The van der Waals surface area contributed by atoms with Gasteiger partial charge in [0.1, 0.15) is 5.82 Å². The molecule has 4 heterocycles. The highest BCUT2D eigenvalue weighted by Gasteiger charge is 2.51. The maximum absolute atomic E-state index is 5.71. The Hall–Kier alpha value is -7.89. The highest BCUT2D eigenvalue weighted by molar-refractivity contribution is 6.94. The number of rotatable bonds is 3. The second-order valence-corrected chi connectivity index (χ2v) is 27.2. The average Bonchev–Trinajstić information content (AvgIpc) is 2.25. The fourth-order valence-corrected chi connectivity index (χ4v) is 14.6. The minimum absolute atomic E-state index is 0.00973. The van der Waals surface area contributed by atoms with Crippen molar-refractivity contribution in [1.82, 2.24) is 14.1 Å². The predicted octanol–water partition coefficient (Wildman–Crippen LogP) is 17.5. The first-order valence-electron chi connectivity index (χ1n) is 28.3. The molecule has 11 aromatic rings. The van der Waals surface area contributed by atoms with Crippen molar-refractivity contribution in [3.8, 4) is 56.1 Å². The van der Waals surface area contributed by atoms with E-state index in [1.165, 1.54) is 122 Å². The van der Waals surface area contributed by atoms with Gasteiger partial charge in [0, 0.05) is 55.5 Å². The molecule has 0 amide bonds.